The van der Waals surface area contributed by atoms with Crippen LogP contribution in [0.5, 0.6) is 0 Å². The Kier molecular flexibility index (Phi) is 3.68. The van der Waals surface area contributed by atoms with Crippen molar-refractivity contribution in [3.05, 3.63) is 65.9 Å². The normalized spacial score (nSPS) is 16.4. The van der Waals surface area contributed by atoms with Gasteiger partial charge in [-0.3, -0.25) is 9.59 Å². The zero-order valence-electron chi connectivity index (χ0n) is 13.2. The molecule has 1 aliphatic rings. The maximum atomic E-state index is 13.4. The Labute approximate surface area is 142 Å². The molecule has 1 atom stereocenters. The second-order valence-corrected chi connectivity index (χ2v) is 5.95. The van der Waals surface area contributed by atoms with E-state index in [2.05, 4.69) is 15.6 Å². The first-order valence-corrected chi connectivity index (χ1v) is 7.90. The smallest absolute Gasteiger partial charge is 0.228 e. The molecule has 2 amide bonds. The van der Waals surface area contributed by atoms with E-state index in [1.54, 1.807) is 6.07 Å². The number of imidazole rings is 1. The molecule has 1 unspecified atom stereocenters. The van der Waals surface area contributed by atoms with Gasteiger partial charge in [0, 0.05) is 24.5 Å². The summed E-state index contributed by atoms with van der Waals surface area (Å²) in [6.07, 6.45) is 3.76. The predicted octanol–water partition coefficient (Wildman–Crippen LogP) is 2.22. The second-order valence-electron chi connectivity index (χ2n) is 5.95. The number of fused-ring (bicyclic) bond motifs is 2. The summed E-state index contributed by atoms with van der Waals surface area (Å²) in [4.78, 5) is 28.8. The van der Waals surface area contributed by atoms with Crippen molar-refractivity contribution in [1.82, 2.24) is 14.7 Å². The van der Waals surface area contributed by atoms with Gasteiger partial charge in [0.05, 0.1) is 18.2 Å². The molecule has 0 bridgehead atoms. The van der Waals surface area contributed by atoms with Crippen LogP contribution >= 0.6 is 0 Å². The fraction of sp³-hybridized carbons (Fsp3) is 0.167. The molecule has 0 saturated carbocycles. The van der Waals surface area contributed by atoms with Crippen molar-refractivity contribution >= 4 is 23.1 Å². The van der Waals surface area contributed by atoms with Crippen LogP contribution in [0, 0.1) is 5.82 Å². The van der Waals surface area contributed by atoms with Crippen molar-refractivity contribution < 1.29 is 14.0 Å². The lowest BCUT2D eigenvalue weighted by atomic mass is 9.89. The van der Waals surface area contributed by atoms with Crippen LogP contribution in [0.3, 0.4) is 0 Å². The number of amides is 2. The summed E-state index contributed by atoms with van der Waals surface area (Å²) in [7, 11) is 0. The molecule has 0 fully saturated rings. The maximum absolute atomic E-state index is 13.4. The van der Waals surface area contributed by atoms with Crippen LogP contribution in [0.25, 0.3) is 5.65 Å². The van der Waals surface area contributed by atoms with Crippen molar-refractivity contribution in [3.63, 3.8) is 0 Å². The molecule has 6 nitrogen and oxygen atoms in total. The van der Waals surface area contributed by atoms with Gasteiger partial charge in [0.2, 0.25) is 11.8 Å². The highest BCUT2D eigenvalue weighted by Crippen LogP contribution is 2.32. The van der Waals surface area contributed by atoms with Gasteiger partial charge in [0.1, 0.15) is 11.5 Å². The van der Waals surface area contributed by atoms with Crippen molar-refractivity contribution in [2.45, 2.75) is 18.9 Å². The zero-order chi connectivity index (χ0) is 17.4. The van der Waals surface area contributed by atoms with Crippen LogP contribution in [0.1, 0.15) is 23.6 Å². The highest BCUT2D eigenvalue weighted by molar-refractivity contribution is 6.01. The largest absolute Gasteiger partial charge is 0.350 e. The van der Waals surface area contributed by atoms with Crippen molar-refractivity contribution in [2.24, 2.45) is 0 Å². The number of anilines is 1. The van der Waals surface area contributed by atoms with E-state index in [9.17, 15) is 14.0 Å². The molecule has 126 valence electrons. The lowest BCUT2D eigenvalue weighted by molar-refractivity contribution is -0.126. The number of pyridine rings is 1. The van der Waals surface area contributed by atoms with Gasteiger partial charge in [-0.15, -0.1) is 0 Å². The summed E-state index contributed by atoms with van der Waals surface area (Å²) in [5.74, 6) is -1.67. The summed E-state index contributed by atoms with van der Waals surface area (Å²) in [6, 6.07) is 9.73. The number of carbonyl (C=O) groups excluding carboxylic acids is 2. The van der Waals surface area contributed by atoms with Gasteiger partial charge in [0.25, 0.3) is 0 Å². The minimum atomic E-state index is -0.638. The van der Waals surface area contributed by atoms with Gasteiger partial charge in [0.15, 0.2) is 0 Å². The average molecular weight is 338 g/mol. The van der Waals surface area contributed by atoms with E-state index in [0.29, 0.717) is 11.3 Å². The number of carbonyl (C=O) groups is 2. The summed E-state index contributed by atoms with van der Waals surface area (Å²) in [6.45, 7) is 0.259. The second kappa shape index (κ2) is 6.01. The Hall–Kier alpha value is -3.22. The Bertz CT molecular complexity index is 949. The topological polar surface area (TPSA) is 75.5 Å². The van der Waals surface area contributed by atoms with E-state index in [4.69, 9.17) is 0 Å². The number of nitrogens with one attached hydrogen (secondary N) is 2. The fourth-order valence-corrected chi connectivity index (χ4v) is 3.04. The Balaban J connectivity index is 1.52. The molecule has 1 aromatic carbocycles. The van der Waals surface area contributed by atoms with E-state index >= 15 is 0 Å². The highest BCUT2D eigenvalue weighted by atomic mass is 19.1. The van der Waals surface area contributed by atoms with Crippen LogP contribution in [-0.4, -0.2) is 21.2 Å². The number of nitrogens with zero attached hydrogens (tertiary/aromatic N) is 2. The first kappa shape index (κ1) is 15.3. The third kappa shape index (κ3) is 2.96. The Morgan fingerprint density at radius 3 is 3.08 bits per heavy atom. The predicted molar refractivity (Wildman–Crippen MR) is 89.4 cm³/mol. The standard InChI is InChI=1S/C18H15FN4O2/c19-11-4-5-13-14(8-17(24)22-15(13)7-11)18(25)20-9-12-10-23-6-2-1-3-16(23)21-12/h1-7,10,14H,8-9H2,(H,20,25)(H,22,24). The molecule has 1 aliphatic heterocycles. The molecule has 4 rings (SSSR count). The SMILES string of the molecule is O=C1CC(C(=O)NCc2cn3ccccc3n2)c2ccc(F)cc2N1. The fourth-order valence-electron chi connectivity index (χ4n) is 3.04. The first-order chi connectivity index (χ1) is 12.1. The number of benzene rings is 1. The van der Waals surface area contributed by atoms with Gasteiger partial charge in [-0.2, -0.15) is 0 Å². The molecule has 2 N–H and O–H groups in total. The van der Waals surface area contributed by atoms with Crippen LogP contribution in [0.4, 0.5) is 10.1 Å². The van der Waals surface area contributed by atoms with E-state index < -0.39 is 11.7 Å². The molecule has 0 radical (unpaired) electrons. The summed E-state index contributed by atoms with van der Waals surface area (Å²) in [5, 5.41) is 5.42. The van der Waals surface area contributed by atoms with Gasteiger partial charge >= 0.3 is 0 Å². The molecule has 3 heterocycles. The lowest BCUT2D eigenvalue weighted by Gasteiger charge is -2.24. The van der Waals surface area contributed by atoms with E-state index in [1.165, 1.54) is 12.1 Å². The number of halogens is 1. The number of aromatic nitrogens is 2. The molecule has 0 spiro atoms. The summed E-state index contributed by atoms with van der Waals surface area (Å²) in [5.41, 5.74) is 2.49. The number of hydrogen-bond donors (Lipinski definition) is 2. The van der Waals surface area contributed by atoms with E-state index in [1.807, 2.05) is 35.0 Å². The summed E-state index contributed by atoms with van der Waals surface area (Å²) >= 11 is 0. The van der Waals surface area contributed by atoms with Crippen molar-refractivity contribution in [1.29, 1.82) is 0 Å². The molecular formula is C18H15FN4O2. The van der Waals surface area contributed by atoms with E-state index in [0.717, 1.165) is 11.3 Å². The quantitative estimate of drug-likeness (QED) is 0.769. The van der Waals surface area contributed by atoms with Crippen LogP contribution < -0.4 is 10.6 Å². The molecule has 0 saturated heterocycles. The minimum absolute atomic E-state index is 0.0373. The molecule has 0 aliphatic carbocycles. The molecular weight excluding hydrogens is 323 g/mol. The van der Waals surface area contributed by atoms with Crippen LogP contribution in [0.2, 0.25) is 0 Å². The van der Waals surface area contributed by atoms with Crippen molar-refractivity contribution in [3.8, 4) is 0 Å². The lowest BCUT2D eigenvalue weighted by Crippen LogP contribution is -2.34. The molecule has 7 heteroatoms. The summed E-state index contributed by atoms with van der Waals surface area (Å²) < 4.78 is 15.2. The Morgan fingerprint density at radius 1 is 1.36 bits per heavy atom. The number of rotatable bonds is 3. The Morgan fingerprint density at radius 2 is 2.24 bits per heavy atom. The third-order valence-corrected chi connectivity index (χ3v) is 4.23. The average Bonchev–Trinajstić information content (AvgIpc) is 3.01. The monoisotopic (exact) mass is 338 g/mol. The zero-order valence-corrected chi connectivity index (χ0v) is 13.2. The minimum Gasteiger partial charge on any atom is -0.350 e. The van der Waals surface area contributed by atoms with Crippen LogP contribution in [0.15, 0.2) is 48.8 Å². The third-order valence-electron chi connectivity index (χ3n) is 4.23. The maximum Gasteiger partial charge on any atom is 0.228 e. The molecule has 3 aromatic rings. The van der Waals surface area contributed by atoms with Gasteiger partial charge in [-0.05, 0) is 29.8 Å². The highest BCUT2D eigenvalue weighted by Gasteiger charge is 2.30. The van der Waals surface area contributed by atoms with E-state index in [-0.39, 0.29) is 24.8 Å². The van der Waals surface area contributed by atoms with Crippen molar-refractivity contribution in [2.75, 3.05) is 5.32 Å². The van der Waals surface area contributed by atoms with Gasteiger partial charge < -0.3 is 15.0 Å². The number of hydrogen-bond acceptors (Lipinski definition) is 3. The molecule has 2 aromatic heterocycles. The van der Waals surface area contributed by atoms with Gasteiger partial charge in [-0.1, -0.05) is 12.1 Å². The van der Waals surface area contributed by atoms with Gasteiger partial charge in [-0.25, -0.2) is 9.37 Å². The van der Waals surface area contributed by atoms with Crippen LogP contribution in [-0.2, 0) is 16.1 Å². The molecule has 25 heavy (non-hydrogen) atoms. The first-order valence-electron chi connectivity index (χ1n) is 7.90.